The topological polar surface area (TPSA) is 103 Å². The summed E-state index contributed by atoms with van der Waals surface area (Å²) >= 11 is 3.18. The largest absolute Gasteiger partial charge is 0.369 e. The highest BCUT2D eigenvalue weighted by atomic mass is 32.2. The van der Waals surface area contributed by atoms with Crippen LogP contribution in [0.25, 0.3) is 0 Å². The zero-order valence-corrected chi connectivity index (χ0v) is 17.9. The predicted octanol–water partition coefficient (Wildman–Crippen LogP) is 2.55. The number of aryl methyl sites for hydroxylation is 2. The van der Waals surface area contributed by atoms with Crippen LogP contribution in [0.15, 0.2) is 46.9 Å². The molecule has 2 aromatic heterocycles. The summed E-state index contributed by atoms with van der Waals surface area (Å²) in [5.41, 5.74) is 8.01. The van der Waals surface area contributed by atoms with Crippen molar-refractivity contribution < 1.29 is 9.59 Å². The molecule has 152 valence electrons. The maximum atomic E-state index is 12.8. The third-order valence-electron chi connectivity index (χ3n) is 4.33. The van der Waals surface area contributed by atoms with Gasteiger partial charge in [0.2, 0.25) is 5.91 Å². The summed E-state index contributed by atoms with van der Waals surface area (Å²) in [5.74, 6) is -0.476. The number of thiazole rings is 1. The third kappa shape index (κ3) is 5.91. The molecule has 0 aliphatic heterocycles. The van der Waals surface area contributed by atoms with Gasteiger partial charge in [0, 0.05) is 35.8 Å². The molecule has 3 N–H and O–H groups in total. The number of nitrogens with two attached hydrogens (primary N) is 1. The number of primary amides is 1. The molecule has 2 amide bonds. The highest BCUT2D eigenvalue weighted by molar-refractivity contribution is 7.98. The molecule has 3 aromatic rings. The van der Waals surface area contributed by atoms with Crippen LogP contribution in [0.1, 0.15) is 26.6 Å². The van der Waals surface area contributed by atoms with Gasteiger partial charge in [-0.2, -0.15) is 5.10 Å². The number of amides is 2. The van der Waals surface area contributed by atoms with Gasteiger partial charge in [-0.25, -0.2) is 4.98 Å². The lowest BCUT2D eigenvalue weighted by atomic mass is 10.0. The first-order chi connectivity index (χ1) is 13.9. The number of hydrogen-bond donors (Lipinski definition) is 2. The Morgan fingerprint density at radius 3 is 2.79 bits per heavy atom. The van der Waals surface area contributed by atoms with Crippen LogP contribution in [0, 0.1) is 12.8 Å². The number of carbonyl (C=O) groups excluding carboxylic acids is 2. The van der Waals surface area contributed by atoms with Gasteiger partial charge in [-0.1, -0.05) is 12.1 Å². The quantitative estimate of drug-likeness (QED) is 0.509. The monoisotopic (exact) mass is 429 g/mol. The van der Waals surface area contributed by atoms with Crippen LogP contribution in [0.3, 0.4) is 0 Å². The molecule has 0 unspecified atom stereocenters. The molecule has 0 aliphatic carbocycles. The second-order valence-electron chi connectivity index (χ2n) is 6.68. The smallest absolute Gasteiger partial charge is 0.252 e. The maximum absolute atomic E-state index is 12.8. The molecule has 29 heavy (non-hydrogen) atoms. The fourth-order valence-corrected chi connectivity index (χ4v) is 4.51. The van der Waals surface area contributed by atoms with Crippen molar-refractivity contribution in [2.75, 3.05) is 6.54 Å². The van der Waals surface area contributed by atoms with E-state index in [1.165, 1.54) is 0 Å². The molecule has 1 atom stereocenters. The molecular formula is C20H23N5O2S2. The first-order valence-corrected chi connectivity index (χ1v) is 11.0. The lowest BCUT2D eigenvalue weighted by molar-refractivity contribution is -0.121. The average Bonchev–Trinajstić information content (AvgIpc) is 3.30. The van der Waals surface area contributed by atoms with E-state index >= 15 is 0 Å². The fourth-order valence-electron chi connectivity index (χ4n) is 2.85. The Morgan fingerprint density at radius 1 is 1.34 bits per heavy atom. The maximum Gasteiger partial charge on any atom is 0.252 e. The predicted molar refractivity (Wildman–Crippen MR) is 115 cm³/mol. The fraction of sp³-hybridized carbons (Fsp3) is 0.300. The molecule has 0 fully saturated rings. The summed E-state index contributed by atoms with van der Waals surface area (Å²) in [6.45, 7) is 2.15. The summed E-state index contributed by atoms with van der Waals surface area (Å²) in [6.07, 6.45) is 3.97. The number of aromatic nitrogens is 3. The minimum atomic E-state index is -0.499. The first-order valence-electron chi connectivity index (χ1n) is 9.10. The highest BCUT2D eigenvalue weighted by Gasteiger charge is 2.19. The molecule has 1 aromatic carbocycles. The van der Waals surface area contributed by atoms with Crippen molar-refractivity contribution in [2.24, 2.45) is 18.7 Å². The van der Waals surface area contributed by atoms with E-state index in [1.807, 2.05) is 43.7 Å². The second kappa shape index (κ2) is 9.71. The van der Waals surface area contributed by atoms with Gasteiger partial charge in [0.1, 0.15) is 0 Å². The van der Waals surface area contributed by atoms with Crippen LogP contribution in [0.2, 0.25) is 0 Å². The molecule has 7 nitrogen and oxygen atoms in total. The lowest BCUT2D eigenvalue weighted by Gasteiger charge is -2.15. The van der Waals surface area contributed by atoms with Crippen LogP contribution in [0.5, 0.6) is 0 Å². The van der Waals surface area contributed by atoms with Crippen LogP contribution in [-0.2, 0) is 24.0 Å². The van der Waals surface area contributed by atoms with E-state index in [9.17, 15) is 9.59 Å². The van der Waals surface area contributed by atoms with E-state index in [0.29, 0.717) is 17.7 Å². The Balaban J connectivity index is 1.62. The van der Waals surface area contributed by atoms with Gasteiger partial charge in [-0.15, -0.1) is 23.1 Å². The summed E-state index contributed by atoms with van der Waals surface area (Å²) in [4.78, 5) is 29.9. The standard InChI is InChI=1S/C20H23N5O2S2/c1-13-24-16(11-28-13)12-29-18-6-4-3-5-17(18)20(27)22-9-15(19(21)26)7-14-8-23-25(2)10-14/h3-6,8,10-11,15H,7,9,12H2,1-2H3,(H2,21,26)(H,22,27)/t15-/m1/s1. The van der Waals surface area contributed by atoms with Crippen molar-refractivity contribution >= 4 is 34.9 Å². The van der Waals surface area contributed by atoms with Gasteiger partial charge in [0.05, 0.1) is 28.4 Å². The van der Waals surface area contributed by atoms with E-state index in [1.54, 1.807) is 40.0 Å². The molecule has 3 rings (SSSR count). The molecule has 9 heteroatoms. The Kier molecular flexibility index (Phi) is 7.05. The Hall–Kier alpha value is -2.65. The van der Waals surface area contributed by atoms with Gasteiger partial charge in [0.25, 0.3) is 5.91 Å². The van der Waals surface area contributed by atoms with E-state index in [4.69, 9.17) is 5.73 Å². The normalized spacial score (nSPS) is 11.9. The number of carbonyl (C=O) groups is 2. The molecule has 0 saturated carbocycles. The number of hydrogen-bond acceptors (Lipinski definition) is 6. The Bertz CT molecular complexity index is 998. The summed E-state index contributed by atoms with van der Waals surface area (Å²) in [7, 11) is 1.81. The number of thioether (sulfide) groups is 1. The van der Waals surface area contributed by atoms with Crippen molar-refractivity contribution in [1.29, 1.82) is 0 Å². The molecule has 0 radical (unpaired) electrons. The third-order valence-corrected chi connectivity index (χ3v) is 6.26. The lowest BCUT2D eigenvalue weighted by Crippen LogP contribution is -2.37. The van der Waals surface area contributed by atoms with Crippen molar-refractivity contribution in [2.45, 2.75) is 24.0 Å². The van der Waals surface area contributed by atoms with Gasteiger partial charge >= 0.3 is 0 Å². The molecule has 0 aliphatic rings. The molecule has 0 saturated heterocycles. The van der Waals surface area contributed by atoms with E-state index in [-0.39, 0.29) is 12.5 Å². The summed E-state index contributed by atoms with van der Waals surface area (Å²) in [6, 6.07) is 7.43. The highest BCUT2D eigenvalue weighted by Crippen LogP contribution is 2.27. The number of nitrogens with one attached hydrogen (secondary N) is 1. The van der Waals surface area contributed by atoms with Crippen molar-refractivity contribution in [3.63, 3.8) is 0 Å². The van der Waals surface area contributed by atoms with Gasteiger partial charge in [0.15, 0.2) is 0 Å². The van der Waals surface area contributed by atoms with Crippen LogP contribution < -0.4 is 11.1 Å². The Labute approximate surface area is 177 Å². The summed E-state index contributed by atoms with van der Waals surface area (Å²) < 4.78 is 1.67. The Morgan fingerprint density at radius 2 is 2.14 bits per heavy atom. The van der Waals surface area contributed by atoms with E-state index in [0.717, 1.165) is 21.2 Å². The zero-order chi connectivity index (χ0) is 20.8. The van der Waals surface area contributed by atoms with Crippen molar-refractivity contribution in [3.8, 4) is 0 Å². The SMILES string of the molecule is Cc1nc(CSc2ccccc2C(=O)NC[C@@H](Cc2cnn(C)c2)C(N)=O)cs1. The minimum absolute atomic E-state index is 0.174. The van der Waals surface area contributed by atoms with Crippen LogP contribution in [-0.4, -0.2) is 33.1 Å². The van der Waals surface area contributed by atoms with Crippen LogP contribution >= 0.6 is 23.1 Å². The minimum Gasteiger partial charge on any atom is -0.369 e. The van der Waals surface area contributed by atoms with Crippen LogP contribution in [0.4, 0.5) is 0 Å². The van der Waals surface area contributed by atoms with Gasteiger partial charge in [-0.05, 0) is 31.0 Å². The number of benzene rings is 1. The van der Waals surface area contributed by atoms with E-state index in [2.05, 4.69) is 15.4 Å². The molecule has 0 bridgehead atoms. The molecule has 2 heterocycles. The molecule has 0 spiro atoms. The van der Waals surface area contributed by atoms with Gasteiger partial charge in [-0.3, -0.25) is 14.3 Å². The summed E-state index contributed by atoms with van der Waals surface area (Å²) in [5, 5.41) is 10.0. The average molecular weight is 430 g/mol. The number of nitrogens with zero attached hydrogens (tertiary/aromatic N) is 3. The van der Waals surface area contributed by atoms with E-state index < -0.39 is 11.8 Å². The molecular weight excluding hydrogens is 406 g/mol. The van der Waals surface area contributed by atoms with Crippen molar-refractivity contribution in [3.05, 3.63) is 63.9 Å². The zero-order valence-electron chi connectivity index (χ0n) is 16.3. The first kappa shape index (κ1) is 21.1. The van der Waals surface area contributed by atoms with Gasteiger partial charge < -0.3 is 11.1 Å². The van der Waals surface area contributed by atoms with Crippen molar-refractivity contribution in [1.82, 2.24) is 20.1 Å². The number of rotatable bonds is 9. The second-order valence-corrected chi connectivity index (χ2v) is 8.76.